The van der Waals surface area contributed by atoms with Crippen molar-refractivity contribution in [2.45, 2.75) is 32.1 Å². The number of carboxylic acid groups (broad SMARTS) is 1. The van der Waals surface area contributed by atoms with Crippen LogP contribution in [0.1, 0.15) is 30.7 Å². The molecule has 3 rings (SSSR count). The lowest BCUT2D eigenvalue weighted by molar-refractivity contribution is -0.144. The molecular weight excluding hydrogens is 300 g/mol. The van der Waals surface area contributed by atoms with E-state index in [1.54, 1.807) is 6.26 Å². The summed E-state index contributed by atoms with van der Waals surface area (Å²) in [5, 5.41) is 9.24. The van der Waals surface area contributed by atoms with Crippen molar-refractivity contribution < 1.29 is 14.3 Å². The summed E-state index contributed by atoms with van der Waals surface area (Å²) in [6, 6.07) is 12.0. The quantitative estimate of drug-likeness (QED) is 0.843. The van der Waals surface area contributed by atoms with Gasteiger partial charge in [0.05, 0.1) is 17.1 Å². The molecule has 2 unspecified atom stereocenters. The van der Waals surface area contributed by atoms with Crippen LogP contribution in [-0.2, 0) is 17.6 Å². The number of aliphatic carboxylic acids is 1. The molecule has 0 radical (unpaired) electrons. The van der Waals surface area contributed by atoms with E-state index in [2.05, 4.69) is 0 Å². The predicted molar refractivity (Wildman–Crippen MR) is 85.2 cm³/mol. The molecule has 22 heavy (non-hydrogen) atoms. The predicted octanol–water partition coefficient (Wildman–Crippen LogP) is 4.13. The van der Waals surface area contributed by atoms with E-state index in [0.717, 1.165) is 11.3 Å². The number of benzene rings is 1. The van der Waals surface area contributed by atoms with Gasteiger partial charge < -0.3 is 9.52 Å². The first-order valence-electron chi connectivity index (χ1n) is 7.35. The highest BCUT2D eigenvalue weighted by molar-refractivity contribution is 6.26. The van der Waals surface area contributed by atoms with Crippen molar-refractivity contribution in [2.24, 2.45) is 10.8 Å². The first-order chi connectivity index (χ1) is 10.4. The fourth-order valence-corrected chi connectivity index (χ4v) is 3.88. The summed E-state index contributed by atoms with van der Waals surface area (Å²) in [5.74, 6) is 0.00891. The maximum atomic E-state index is 11.7. The van der Waals surface area contributed by atoms with Gasteiger partial charge in [-0.25, -0.2) is 0 Å². The molecule has 1 saturated carbocycles. The van der Waals surface area contributed by atoms with E-state index in [0.29, 0.717) is 12.8 Å². The summed E-state index contributed by atoms with van der Waals surface area (Å²) >= 11 is 6.27. The molecule has 1 fully saturated rings. The van der Waals surface area contributed by atoms with Crippen LogP contribution in [0.25, 0.3) is 0 Å². The number of hydrogen-bond donors (Lipinski definition) is 1. The van der Waals surface area contributed by atoms with E-state index in [9.17, 15) is 9.90 Å². The Morgan fingerprint density at radius 2 is 1.91 bits per heavy atom. The van der Waals surface area contributed by atoms with Gasteiger partial charge in [-0.15, -0.1) is 11.6 Å². The Morgan fingerprint density at radius 3 is 2.45 bits per heavy atom. The number of carbonyl (C=O) groups is 1. The lowest BCUT2D eigenvalue weighted by atomic mass is 9.89. The zero-order valence-corrected chi connectivity index (χ0v) is 13.4. The molecule has 1 aliphatic carbocycles. The van der Waals surface area contributed by atoms with Crippen molar-refractivity contribution in [1.29, 1.82) is 0 Å². The van der Waals surface area contributed by atoms with Crippen molar-refractivity contribution in [3.63, 3.8) is 0 Å². The van der Waals surface area contributed by atoms with E-state index >= 15 is 0 Å². The second-order valence-corrected chi connectivity index (χ2v) is 7.06. The highest BCUT2D eigenvalue weighted by Crippen LogP contribution is 2.68. The molecule has 0 bridgehead atoms. The van der Waals surface area contributed by atoms with Crippen LogP contribution in [-0.4, -0.2) is 16.5 Å². The Balaban J connectivity index is 1.76. The van der Waals surface area contributed by atoms with Gasteiger partial charge in [0.25, 0.3) is 0 Å². The van der Waals surface area contributed by atoms with Crippen molar-refractivity contribution >= 4 is 17.6 Å². The van der Waals surface area contributed by atoms with Gasteiger partial charge in [-0.1, -0.05) is 44.2 Å². The highest BCUT2D eigenvalue weighted by atomic mass is 35.5. The molecule has 4 heteroatoms. The monoisotopic (exact) mass is 318 g/mol. The smallest absolute Gasteiger partial charge is 0.312 e. The van der Waals surface area contributed by atoms with Crippen LogP contribution in [0, 0.1) is 10.8 Å². The van der Waals surface area contributed by atoms with Gasteiger partial charge in [0.2, 0.25) is 0 Å². The third kappa shape index (κ3) is 2.24. The zero-order chi connectivity index (χ0) is 16.0. The number of hydrogen-bond acceptors (Lipinski definition) is 2. The molecule has 1 aromatic carbocycles. The number of carboxylic acids is 1. The molecule has 0 amide bonds. The van der Waals surface area contributed by atoms with Crippen LogP contribution < -0.4 is 0 Å². The number of rotatable bonds is 5. The lowest BCUT2D eigenvalue weighted by Gasteiger charge is -2.13. The normalized spacial score (nSPS) is 25.9. The topological polar surface area (TPSA) is 50.4 Å². The Labute approximate surface area is 134 Å². The fraction of sp³-hybridized carbons (Fsp3) is 0.389. The van der Waals surface area contributed by atoms with E-state index in [-0.39, 0.29) is 5.38 Å². The van der Waals surface area contributed by atoms with E-state index in [1.807, 2.05) is 50.2 Å². The third-order valence-corrected chi connectivity index (χ3v) is 5.84. The fourth-order valence-electron chi connectivity index (χ4n) is 3.29. The second kappa shape index (κ2) is 5.17. The molecule has 0 saturated heterocycles. The number of furan rings is 1. The molecular formula is C18H19ClO3. The molecule has 3 nitrogen and oxygen atoms in total. The zero-order valence-electron chi connectivity index (χ0n) is 12.7. The standard InChI is InChI=1S/C18H19ClO3/c1-17(2)15(19)18(17,16(20)21)10-13-9-14(22-11-13)8-12-6-4-3-5-7-12/h3-7,9,11,15H,8,10H2,1-2H3,(H,20,21). The van der Waals surface area contributed by atoms with E-state index in [4.69, 9.17) is 16.0 Å². The molecule has 2 aromatic rings. The summed E-state index contributed by atoms with van der Waals surface area (Å²) in [6.45, 7) is 3.81. The van der Waals surface area contributed by atoms with Gasteiger partial charge >= 0.3 is 5.97 Å². The SMILES string of the molecule is CC1(C)C(Cl)C1(Cc1coc(Cc2ccccc2)c1)C(=O)O. The average Bonchev–Trinajstić information content (AvgIpc) is 2.80. The average molecular weight is 319 g/mol. The summed E-state index contributed by atoms with van der Waals surface area (Å²) in [6.07, 6.45) is 2.76. The molecule has 116 valence electrons. The minimum absolute atomic E-state index is 0.357. The second-order valence-electron chi connectivity index (χ2n) is 6.62. The highest BCUT2D eigenvalue weighted by Gasteiger charge is 2.75. The summed E-state index contributed by atoms with van der Waals surface area (Å²) in [7, 11) is 0. The third-order valence-electron chi connectivity index (χ3n) is 4.93. The summed E-state index contributed by atoms with van der Waals surface area (Å²) < 4.78 is 5.59. The molecule has 2 atom stereocenters. The Hall–Kier alpha value is -1.74. The van der Waals surface area contributed by atoms with Gasteiger partial charge in [-0.3, -0.25) is 4.79 Å². The molecule has 1 aliphatic rings. The minimum Gasteiger partial charge on any atom is -0.481 e. The number of halogens is 1. The van der Waals surface area contributed by atoms with Gasteiger partial charge in [0.1, 0.15) is 5.76 Å². The molecule has 0 spiro atoms. The van der Waals surface area contributed by atoms with Crippen molar-refractivity contribution in [3.8, 4) is 0 Å². The Bertz CT molecular complexity index is 689. The van der Waals surface area contributed by atoms with Crippen molar-refractivity contribution in [1.82, 2.24) is 0 Å². The largest absolute Gasteiger partial charge is 0.481 e. The summed E-state index contributed by atoms with van der Waals surface area (Å²) in [4.78, 5) is 11.7. The van der Waals surface area contributed by atoms with Crippen LogP contribution in [0.2, 0.25) is 0 Å². The molecule has 1 N–H and O–H groups in total. The van der Waals surface area contributed by atoms with Crippen LogP contribution in [0.15, 0.2) is 47.1 Å². The van der Waals surface area contributed by atoms with Crippen molar-refractivity contribution in [3.05, 3.63) is 59.5 Å². The van der Waals surface area contributed by atoms with E-state index < -0.39 is 16.8 Å². The van der Waals surface area contributed by atoms with Crippen molar-refractivity contribution in [2.75, 3.05) is 0 Å². The Morgan fingerprint density at radius 1 is 1.27 bits per heavy atom. The van der Waals surface area contributed by atoms with Crippen LogP contribution in [0.3, 0.4) is 0 Å². The van der Waals surface area contributed by atoms with Gasteiger partial charge in [0.15, 0.2) is 0 Å². The summed E-state index contributed by atoms with van der Waals surface area (Å²) in [5.41, 5.74) is 0.752. The van der Waals surface area contributed by atoms with Gasteiger partial charge in [0, 0.05) is 11.8 Å². The first kappa shape index (κ1) is 15.2. The van der Waals surface area contributed by atoms with Gasteiger partial charge in [-0.2, -0.15) is 0 Å². The van der Waals surface area contributed by atoms with E-state index in [1.165, 1.54) is 5.56 Å². The molecule has 1 heterocycles. The molecule has 0 aliphatic heterocycles. The minimum atomic E-state index is -0.900. The number of alkyl halides is 1. The van der Waals surface area contributed by atoms with Crippen LogP contribution >= 0.6 is 11.6 Å². The Kier molecular flexibility index (Phi) is 3.56. The maximum absolute atomic E-state index is 11.7. The maximum Gasteiger partial charge on any atom is 0.312 e. The van der Waals surface area contributed by atoms with Crippen LogP contribution in [0.5, 0.6) is 0 Å². The first-order valence-corrected chi connectivity index (χ1v) is 7.79. The lowest BCUT2D eigenvalue weighted by Crippen LogP contribution is -2.24. The van der Waals surface area contributed by atoms with Gasteiger partial charge in [-0.05, 0) is 23.6 Å². The molecule has 1 aromatic heterocycles. The van der Waals surface area contributed by atoms with Crippen LogP contribution in [0.4, 0.5) is 0 Å².